The number of piperazine rings is 2. The summed E-state index contributed by atoms with van der Waals surface area (Å²) < 4.78 is 5.33. The maximum atomic E-state index is 12.8. The molecule has 2 aromatic carbocycles. The molecule has 4 rings (SSSR count). The van der Waals surface area contributed by atoms with Crippen LogP contribution in [-0.4, -0.2) is 81.7 Å². The lowest BCUT2D eigenvalue weighted by molar-refractivity contribution is -0.132. The molecule has 0 aliphatic carbocycles. The lowest BCUT2D eigenvalue weighted by Crippen LogP contribution is -2.54. The van der Waals surface area contributed by atoms with E-state index in [1.54, 1.807) is 7.11 Å². The van der Waals surface area contributed by atoms with Crippen molar-refractivity contribution in [1.82, 2.24) is 9.80 Å². The van der Waals surface area contributed by atoms with Gasteiger partial charge in [0.05, 0.1) is 13.7 Å². The van der Waals surface area contributed by atoms with Gasteiger partial charge in [0.25, 0.3) is 0 Å². The number of amides is 1. The molecule has 2 heterocycles. The summed E-state index contributed by atoms with van der Waals surface area (Å²) in [5.41, 5.74) is 2.31. The largest absolute Gasteiger partial charge is 0.497 e. The monoisotopic (exact) mass is 428 g/mol. The highest BCUT2D eigenvalue weighted by Gasteiger charge is 2.25. The molecule has 0 spiro atoms. The van der Waals surface area contributed by atoms with Crippen LogP contribution in [0.4, 0.5) is 11.4 Å². The third kappa shape index (κ3) is 4.99. The maximum absolute atomic E-state index is 12.8. The number of benzene rings is 2. The molecule has 0 aromatic heterocycles. The molecule has 0 atom stereocenters. The van der Waals surface area contributed by atoms with Gasteiger partial charge in [0.2, 0.25) is 5.91 Å². The van der Waals surface area contributed by atoms with Crippen molar-refractivity contribution in [3.8, 4) is 5.75 Å². The Hall–Kier alpha value is -2.44. The number of ether oxygens (including phenoxy) is 1. The van der Waals surface area contributed by atoms with Crippen LogP contribution in [0.15, 0.2) is 48.5 Å². The van der Waals surface area contributed by atoms with Gasteiger partial charge < -0.3 is 19.4 Å². The summed E-state index contributed by atoms with van der Waals surface area (Å²) in [7, 11) is 1.69. The van der Waals surface area contributed by atoms with Crippen molar-refractivity contribution < 1.29 is 9.53 Å². The van der Waals surface area contributed by atoms with E-state index in [1.165, 1.54) is 5.69 Å². The minimum atomic E-state index is 0.232. The van der Waals surface area contributed by atoms with Gasteiger partial charge in [0, 0.05) is 74.8 Å². The van der Waals surface area contributed by atoms with Gasteiger partial charge in [0.15, 0.2) is 0 Å². The highest BCUT2D eigenvalue weighted by Crippen LogP contribution is 2.23. The van der Waals surface area contributed by atoms with E-state index in [-0.39, 0.29) is 5.91 Å². The van der Waals surface area contributed by atoms with Crippen LogP contribution in [0.5, 0.6) is 5.75 Å². The zero-order valence-electron chi connectivity index (χ0n) is 17.5. The van der Waals surface area contributed by atoms with Crippen molar-refractivity contribution >= 4 is 28.9 Å². The van der Waals surface area contributed by atoms with Crippen molar-refractivity contribution in [2.45, 2.75) is 0 Å². The van der Waals surface area contributed by atoms with Crippen LogP contribution in [0.25, 0.3) is 0 Å². The molecule has 0 saturated carbocycles. The molecule has 0 radical (unpaired) electrons. The summed E-state index contributed by atoms with van der Waals surface area (Å²) in [5.74, 6) is 1.11. The van der Waals surface area contributed by atoms with Crippen LogP contribution in [0.1, 0.15) is 0 Å². The summed E-state index contributed by atoms with van der Waals surface area (Å²) in [6.07, 6.45) is 0. The zero-order valence-corrected chi connectivity index (χ0v) is 18.2. The van der Waals surface area contributed by atoms with Crippen molar-refractivity contribution in [3.63, 3.8) is 0 Å². The summed E-state index contributed by atoms with van der Waals surface area (Å²) >= 11 is 6.11. The fourth-order valence-corrected chi connectivity index (χ4v) is 4.33. The first-order chi connectivity index (χ1) is 14.6. The van der Waals surface area contributed by atoms with Gasteiger partial charge in [-0.15, -0.1) is 0 Å². The van der Waals surface area contributed by atoms with Crippen molar-refractivity contribution in [2.24, 2.45) is 0 Å². The van der Waals surface area contributed by atoms with Gasteiger partial charge in [0.1, 0.15) is 5.75 Å². The molecule has 0 bridgehead atoms. The Kier molecular flexibility index (Phi) is 6.65. The Morgan fingerprint density at radius 2 is 1.47 bits per heavy atom. The molecule has 2 fully saturated rings. The highest BCUT2D eigenvalue weighted by atomic mass is 35.5. The number of carbonyl (C=O) groups is 1. The molecule has 0 unspecified atom stereocenters. The van der Waals surface area contributed by atoms with Crippen LogP contribution >= 0.6 is 11.6 Å². The molecule has 2 aliphatic rings. The Balaban J connectivity index is 1.23. The van der Waals surface area contributed by atoms with Gasteiger partial charge in [-0.25, -0.2) is 0 Å². The molecule has 1 amide bonds. The van der Waals surface area contributed by atoms with Crippen LogP contribution in [-0.2, 0) is 4.79 Å². The van der Waals surface area contributed by atoms with Crippen LogP contribution in [0.3, 0.4) is 0 Å². The number of anilines is 2. The van der Waals surface area contributed by atoms with Gasteiger partial charge >= 0.3 is 0 Å². The molecule has 7 heteroatoms. The maximum Gasteiger partial charge on any atom is 0.236 e. The quantitative estimate of drug-likeness (QED) is 0.732. The van der Waals surface area contributed by atoms with E-state index in [9.17, 15) is 4.79 Å². The molecule has 160 valence electrons. The zero-order chi connectivity index (χ0) is 20.9. The van der Waals surface area contributed by atoms with Crippen LogP contribution in [0.2, 0.25) is 5.02 Å². The number of carbonyl (C=O) groups excluding carboxylic acids is 1. The third-order valence-electron chi connectivity index (χ3n) is 5.96. The average molecular weight is 429 g/mol. The fourth-order valence-electron chi connectivity index (χ4n) is 4.15. The average Bonchev–Trinajstić information content (AvgIpc) is 2.80. The number of nitrogens with zero attached hydrogens (tertiary/aromatic N) is 4. The Morgan fingerprint density at radius 1 is 0.867 bits per heavy atom. The van der Waals surface area contributed by atoms with Gasteiger partial charge in [-0.05, 0) is 30.3 Å². The molecule has 2 saturated heterocycles. The number of rotatable bonds is 5. The first-order valence-corrected chi connectivity index (χ1v) is 10.9. The van der Waals surface area contributed by atoms with E-state index in [0.717, 1.165) is 68.8 Å². The van der Waals surface area contributed by atoms with E-state index < -0.39 is 0 Å². The first-order valence-electron chi connectivity index (χ1n) is 10.5. The second-order valence-corrected chi connectivity index (χ2v) is 8.25. The Morgan fingerprint density at radius 3 is 2.10 bits per heavy atom. The van der Waals surface area contributed by atoms with E-state index in [1.807, 2.05) is 35.2 Å². The number of hydrogen-bond acceptors (Lipinski definition) is 5. The summed E-state index contributed by atoms with van der Waals surface area (Å²) in [5, 5.41) is 0.749. The molecular weight excluding hydrogens is 400 g/mol. The van der Waals surface area contributed by atoms with Crippen LogP contribution < -0.4 is 14.5 Å². The van der Waals surface area contributed by atoms with Gasteiger partial charge in [-0.1, -0.05) is 23.7 Å². The summed E-state index contributed by atoms with van der Waals surface area (Å²) in [6.45, 7) is 7.33. The van der Waals surface area contributed by atoms with Crippen molar-refractivity contribution in [2.75, 3.05) is 75.8 Å². The summed E-state index contributed by atoms with van der Waals surface area (Å²) in [4.78, 5) is 21.7. The third-order valence-corrected chi connectivity index (χ3v) is 6.19. The standard InChI is InChI=1S/C23H29ClN4O2/c1-30-22-7-3-6-21(17-22)26-10-8-25(9-11-26)18-23(29)28-14-12-27(13-15-28)20-5-2-4-19(24)16-20/h2-7,16-17H,8-15,18H2,1H3. The predicted molar refractivity (Wildman–Crippen MR) is 122 cm³/mol. The van der Waals surface area contributed by atoms with E-state index in [4.69, 9.17) is 16.3 Å². The first kappa shape index (κ1) is 20.8. The summed E-state index contributed by atoms with van der Waals surface area (Å²) in [6, 6.07) is 16.1. The molecule has 0 N–H and O–H groups in total. The smallest absolute Gasteiger partial charge is 0.236 e. The second-order valence-electron chi connectivity index (χ2n) is 7.81. The predicted octanol–water partition coefficient (Wildman–Crippen LogP) is 2.82. The molecule has 2 aliphatic heterocycles. The van der Waals surface area contributed by atoms with E-state index >= 15 is 0 Å². The van der Waals surface area contributed by atoms with Crippen molar-refractivity contribution in [3.05, 3.63) is 53.6 Å². The lowest BCUT2D eigenvalue weighted by Gasteiger charge is -2.39. The Labute approximate surface area is 183 Å². The molecule has 2 aromatic rings. The van der Waals surface area contributed by atoms with E-state index in [0.29, 0.717) is 6.54 Å². The van der Waals surface area contributed by atoms with E-state index in [2.05, 4.69) is 32.9 Å². The van der Waals surface area contributed by atoms with Gasteiger partial charge in [-0.2, -0.15) is 0 Å². The fraction of sp³-hybridized carbons (Fsp3) is 0.435. The second kappa shape index (κ2) is 9.58. The molecular formula is C23H29ClN4O2. The Bertz CT molecular complexity index is 862. The molecule has 30 heavy (non-hydrogen) atoms. The normalized spacial score (nSPS) is 17.9. The number of methoxy groups -OCH3 is 1. The van der Waals surface area contributed by atoms with Gasteiger partial charge in [-0.3, -0.25) is 9.69 Å². The van der Waals surface area contributed by atoms with Crippen molar-refractivity contribution in [1.29, 1.82) is 0 Å². The highest BCUT2D eigenvalue weighted by molar-refractivity contribution is 6.30. The SMILES string of the molecule is COc1cccc(N2CCN(CC(=O)N3CCN(c4cccc(Cl)c4)CC3)CC2)c1. The van der Waals surface area contributed by atoms with Crippen LogP contribution in [0, 0.1) is 0 Å². The number of hydrogen-bond donors (Lipinski definition) is 0. The lowest BCUT2D eigenvalue weighted by atomic mass is 10.2. The minimum Gasteiger partial charge on any atom is -0.497 e. The number of halogens is 1. The molecule has 6 nitrogen and oxygen atoms in total. The minimum absolute atomic E-state index is 0.232. The topological polar surface area (TPSA) is 39.3 Å².